The largest absolute Gasteiger partial charge is 0.497 e. The van der Waals surface area contributed by atoms with E-state index in [-0.39, 0.29) is 16.2 Å². The predicted octanol–water partition coefficient (Wildman–Crippen LogP) is 7.01. The average Bonchev–Trinajstić information content (AvgIpc) is 3.17. The molecule has 3 fully saturated rings. The fourth-order valence-electron chi connectivity index (χ4n) is 9.12. The first-order valence-electron chi connectivity index (χ1n) is 13.9. The third-order valence-electron chi connectivity index (χ3n) is 11.3. The summed E-state index contributed by atoms with van der Waals surface area (Å²) >= 11 is 0. The number of methoxy groups -OCH3 is 1. The molecule has 1 N–H and O–H groups in total. The van der Waals surface area contributed by atoms with Gasteiger partial charge in [-0.05, 0) is 98.1 Å². The van der Waals surface area contributed by atoms with Crippen molar-refractivity contribution in [2.75, 3.05) is 7.11 Å². The maximum atomic E-state index is 13.0. The first-order chi connectivity index (χ1) is 17.1. The fourth-order valence-corrected chi connectivity index (χ4v) is 9.12. The molecule has 0 aliphatic heterocycles. The van der Waals surface area contributed by atoms with Crippen LogP contribution in [0, 0.1) is 34.0 Å². The Morgan fingerprint density at radius 3 is 2.50 bits per heavy atom. The van der Waals surface area contributed by atoms with Gasteiger partial charge in [0.05, 0.1) is 13.7 Å². The van der Waals surface area contributed by atoms with Crippen molar-refractivity contribution >= 4 is 5.78 Å². The summed E-state index contributed by atoms with van der Waals surface area (Å²) in [6.45, 7) is 11.1. The van der Waals surface area contributed by atoms with Crippen LogP contribution < -0.4 is 4.74 Å². The maximum Gasteiger partial charge on any atom is 0.169 e. The summed E-state index contributed by atoms with van der Waals surface area (Å²) in [5.74, 6) is 1.90. The zero-order valence-electron chi connectivity index (χ0n) is 22.6. The standard InChI is InChI=1S/C32H44O4/c1-6-15-31(22(2)33)17-14-28-26-12-9-24-20-32(34,36-21-23-7-10-25(35-5)11-8-23)19-18-29(24,3)27(26)13-16-30(28,31)4/h6-11,26-28,34H,1,12-21H2,2-5H3/t26-,27+,28+,29+,30+,31-,32-/m1/s1. The van der Waals surface area contributed by atoms with Gasteiger partial charge in [-0.25, -0.2) is 0 Å². The number of ether oxygens (including phenoxy) is 2. The minimum Gasteiger partial charge on any atom is -0.497 e. The van der Waals surface area contributed by atoms with E-state index in [9.17, 15) is 9.90 Å². The Balaban J connectivity index is 1.33. The van der Waals surface area contributed by atoms with Crippen LogP contribution in [0.2, 0.25) is 0 Å². The van der Waals surface area contributed by atoms with Gasteiger partial charge in [0.25, 0.3) is 0 Å². The number of rotatable bonds is 7. The van der Waals surface area contributed by atoms with Crippen LogP contribution in [-0.2, 0) is 16.1 Å². The highest BCUT2D eigenvalue weighted by molar-refractivity contribution is 5.84. The van der Waals surface area contributed by atoms with Gasteiger partial charge in [0.2, 0.25) is 0 Å². The smallest absolute Gasteiger partial charge is 0.169 e. The molecule has 4 heteroatoms. The maximum absolute atomic E-state index is 13.0. The van der Waals surface area contributed by atoms with Gasteiger partial charge in [-0.3, -0.25) is 4.79 Å². The number of fused-ring (bicyclic) bond motifs is 5. The molecule has 0 amide bonds. The van der Waals surface area contributed by atoms with Gasteiger partial charge in [-0.2, -0.15) is 0 Å². The predicted molar refractivity (Wildman–Crippen MR) is 142 cm³/mol. The summed E-state index contributed by atoms with van der Waals surface area (Å²) in [5.41, 5.74) is 2.36. The molecule has 0 radical (unpaired) electrons. The normalized spacial score (nSPS) is 41.5. The second kappa shape index (κ2) is 9.13. The topological polar surface area (TPSA) is 55.8 Å². The van der Waals surface area contributed by atoms with E-state index >= 15 is 0 Å². The molecule has 0 saturated heterocycles. The van der Waals surface area contributed by atoms with Crippen molar-refractivity contribution in [3.8, 4) is 5.75 Å². The van der Waals surface area contributed by atoms with Gasteiger partial charge in [0.1, 0.15) is 11.5 Å². The van der Waals surface area contributed by atoms with Gasteiger partial charge in [0, 0.05) is 18.3 Å². The van der Waals surface area contributed by atoms with Crippen LogP contribution in [-0.4, -0.2) is 23.8 Å². The van der Waals surface area contributed by atoms with E-state index in [0.717, 1.165) is 49.8 Å². The Bertz CT molecular complexity index is 1040. The molecular weight excluding hydrogens is 448 g/mol. The third kappa shape index (κ3) is 3.82. The van der Waals surface area contributed by atoms with Crippen LogP contribution in [0.15, 0.2) is 48.6 Å². The van der Waals surface area contributed by atoms with E-state index in [1.54, 1.807) is 7.11 Å². The van der Waals surface area contributed by atoms with Crippen molar-refractivity contribution < 1.29 is 19.4 Å². The second-order valence-corrected chi connectivity index (χ2v) is 12.6. The number of carbonyl (C=O) groups is 1. The molecule has 1 aromatic carbocycles. The van der Waals surface area contributed by atoms with E-state index in [0.29, 0.717) is 43.0 Å². The molecule has 4 nitrogen and oxygen atoms in total. The lowest BCUT2D eigenvalue weighted by atomic mass is 9.45. The van der Waals surface area contributed by atoms with Crippen molar-refractivity contribution in [2.24, 2.45) is 34.0 Å². The van der Waals surface area contributed by atoms with E-state index in [1.807, 2.05) is 37.3 Å². The van der Waals surface area contributed by atoms with Crippen LogP contribution in [0.1, 0.15) is 84.1 Å². The van der Waals surface area contributed by atoms with Crippen LogP contribution in [0.4, 0.5) is 0 Å². The van der Waals surface area contributed by atoms with Crippen molar-refractivity contribution in [3.63, 3.8) is 0 Å². The fraction of sp³-hybridized carbons (Fsp3) is 0.656. The second-order valence-electron chi connectivity index (χ2n) is 12.6. The zero-order chi connectivity index (χ0) is 25.8. The van der Waals surface area contributed by atoms with Crippen LogP contribution >= 0.6 is 0 Å². The summed E-state index contributed by atoms with van der Waals surface area (Å²) in [5, 5.41) is 11.4. The highest BCUT2D eigenvalue weighted by atomic mass is 16.6. The quantitative estimate of drug-likeness (QED) is 0.328. The summed E-state index contributed by atoms with van der Waals surface area (Å²) < 4.78 is 11.4. The minimum absolute atomic E-state index is 0.0623. The minimum atomic E-state index is -1.11. The number of hydrogen-bond donors (Lipinski definition) is 1. The zero-order valence-corrected chi connectivity index (χ0v) is 22.6. The molecule has 196 valence electrons. The molecule has 0 heterocycles. The Hall–Kier alpha value is -1.91. The lowest BCUT2D eigenvalue weighted by Gasteiger charge is -2.60. The Labute approximate surface area is 217 Å². The Kier molecular flexibility index (Phi) is 6.53. The summed E-state index contributed by atoms with van der Waals surface area (Å²) in [7, 11) is 1.66. The summed E-state index contributed by atoms with van der Waals surface area (Å²) in [6.07, 6.45) is 12.9. The third-order valence-corrected chi connectivity index (χ3v) is 11.3. The first-order valence-corrected chi connectivity index (χ1v) is 13.9. The van der Waals surface area contributed by atoms with Gasteiger partial charge in [-0.1, -0.05) is 43.7 Å². The molecule has 0 aromatic heterocycles. The van der Waals surface area contributed by atoms with E-state index < -0.39 is 5.79 Å². The van der Waals surface area contributed by atoms with Crippen LogP contribution in [0.3, 0.4) is 0 Å². The number of Topliss-reactive ketones (excluding diaryl/α,β-unsaturated/α-hetero) is 1. The number of ketones is 1. The van der Waals surface area contributed by atoms with Crippen molar-refractivity contribution in [1.29, 1.82) is 0 Å². The number of aliphatic hydroxyl groups is 1. The average molecular weight is 493 g/mol. The number of allylic oxidation sites excluding steroid dienone is 2. The highest BCUT2D eigenvalue weighted by Gasteiger charge is 2.65. The molecule has 0 unspecified atom stereocenters. The molecule has 36 heavy (non-hydrogen) atoms. The van der Waals surface area contributed by atoms with Gasteiger partial charge >= 0.3 is 0 Å². The molecule has 3 saturated carbocycles. The van der Waals surface area contributed by atoms with Crippen LogP contribution in [0.25, 0.3) is 0 Å². The lowest BCUT2D eigenvalue weighted by molar-refractivity contribution is -0.231. The monoisotopic (exact) mass is 492 g/mol. The molecular formula is C32H44O4. The van der Waals surface area contributed by atoms with E-state index in [4.69, 9.17) is 9.47 Å². The molecule has 1 aromatic rings. The lowest BCUT2D eigenvalue weighted by Crippen LogP contribution is -2.55. The number of carbonyl (C=O) groups excluding carboxylic acids is 1. The molecule has 4 aliphatic rings. The van der Waals surface area contributed by atoms with Gasteiger partial charge < -0.3 is 14.6 Å². The molecule has 4 aliphatic carbocycles. The SMILES string of the molecule is C=CC[C@]1(C(C)=O)CC[C@H]2[C@@H]3CC=C4C[C@](O)(OCc5ccc(OC)cc5)CC[C@]4(C)[C@H]3CC[C@@]21C. The molecule has 5 rings (SSSR count). The molecule has 0 spiro atoms. The number of benzene rings is 1. The van der Waals surface area contributed by atoms with Crippen molar-refractivity contribution in [2.45, 2.75) is 91.0 Å². The first kappa shape index (κ1) is 25.7. The summed E-state index contributed by atoms with van der Waals surface area (Å²) in [4.78, 5) is 13.0. The van der Waals surface area contributed by atoms with E-state index in [1.165, 1.54) is 12.0 Å². The Morgan fingerprint density at radius 2 is 1.83 bits per heavy atom. The highest BCUT2D eigenvalue weighted by Crippen LogP contribution is 2.70. The van der Waals surface area contributed by atoms with Gasteiger partial charge in [0.15, 0.2) is 5.79 Å². The van der Waals surface area contributed by atoms with Crippen molar-refractivity contribution in [1.82, 2.24) is 0 Å². The number of hydrogen-bond acceptors (Lipinski definition) is 4. The van der Waals surface area contributed by atoms with Gasteiger partial charge in [-0.15, -0.1) is 6.58 Å². The van der Waals surface area contributed by atoms with E-state index in [2.05, 4.69) is 26.5 Å². The van der Waals surface area contributed by atoms with Crippen molar-refractivity contribution in [3.05, 3.63) is 54.1 Å². The Morgan fingerprint density at radius 1 is 1.11 bits per heavy atom. The van der Waals surface area contributed by atoms with Crippen LogP contribution in [0.5, 0.6) is 5.75 Å². The molecule has 0 bridgehead atoms. The summed E-state index contributed by atoms with van der Waals surface area (Å²) in [6, 6.07) is 7.85. The molecule has 7 atom stereocenters.